The van der Waals surface area contributed by atoms with E-state index in [1.54, 1.807) is 0 Å². The lowest BCUT2D eigenvalue weighted by Crippen LogP contribution is -2.02. The van der Waals surface area contributed by atoms with Crippen LogP contribution in [0.3, 0.4) is 0 Å². The first-order valence-electron chi connectivity index (χ1n) is 2.93. The first-order chi connectivity index (χ1) is 5.18. The van der Waals surface area contributed by atoms with Crippen LogP contribution in [-0.4, -0.2) is 21.7 Å². The highest BCUT2D eigenvalue weighted by Gasteiger charge is 1.97. The minimum atomic E-state index is 0.299. The molecule has 1 aromatic rings. The molecule has 1 aromatic heterocycles. The van der Waals surface area contributed by atoms with Crippen molar-refractivity contribution in [3.8, 4) is 0 Å². The predicted molar refractivity (Wildman–Crippen MR) is 47.4 cm³/mol. The monoisotopic (exact) mass is 217 g/mol. The van der Waals surface area contributed by atoms with E-state index in [2.05, 4.69) is 43.0 Å². The van der Waals surface area contributed by atoms with Crippen molar-refractivity contribution < 1.29 is 0 Å². The molecule has 6 heteroatoms. The number of aromatic amines is 1. The summed E-state index contributed by atoms with van der Waals surface area (Å²) in [7, 11) is 0. The van der Waals surface area contributed by atoms with E-state index in [0.717, 1.165) is 4.48 Å². The van der Waals surface area contributed by atoms with Gasteiger partial charge in [0.2, 0.25) is 11.9 Å². The standard InChI is InChI=1S/C5H8BrN5/c1-3(6)2-8-5-9-4(7)10-11-5/h1-2H2,(H4,7,8,9,10,11). The van der Waals surface area contributed by atoms with E-state index in [1.807, 2.05) is 0 Å². The van der Waals surface area contributed by atoms with Crippen molar-refractivity contribution in [3.63, 3.8) is 0 Å². The van der Waals surface area contributed by atoms with Crippen LogP contribution in [-0.2, 0) is 0 Å². The number of nitrogens with two attached hydrogens (primary N) is 1. The van der Waals surface area contributed by atoms with Crippen molar-refractivity contribution in [2.24, 2.45) is 0 Å². The van der Waals surface area contributed by atoms with Crippen LogP contribution in [0.15, 0.2) is 11.1 Å². The Kier molecular flexibility index (Phi) is 2.48. The molecule has 0 atom stereocenters. The van der Waals surface area contributed by atoms with Gasteiger partial charge in [-0.2, -0.15) is 4.98 Å². The number of nitrogens with zero attached hydrogens (tertiary/aromatic N) is 2. The van der Waals surface area contributed by atoms with Crippen LogP contribution in [0.1, 0.15) is 0 Å². The minimum Gasteiger partial charge on any atom is -0.368 e. The topological polar surface area (TPSA) is 79.6 Å². The van der Waals surface area contributed by atoms with Gasteiger partial charge in [0, 0.05) is 11.0 Å². The summed E-state index contributed by atoms with van der Waals surface area (Å²) >= 11 is 3.18. The lowest BCUT2D eigenvalue weighted by molar-refractivity contribution is 1.08. The second-order valence-electron chi connectivity index (χ2n) is 1.92. The molecule has 60 valence electrons. The molecule has 0 spiro atoms. The average molecular weight is 218 g/mol. The third kappa shape index (κ3) is 2.58. The molecule has 0 amide bonds. The van der Waals surface area contributed by atoms with E-state index < -0.39 is 0 Å². The number of H-pyrrole nitrogens is 1. The summed E-state index contributed by atoms with van der Waals surface area (Å²) in [5, 5.41) is 9.14. The number of hydrogen-bond acceptors (Lipinski definition) is 4. The van der Waals surface area contributed by atoms with E-state index in [-0.39, 0.29) is 0 Å². The summed E-state index contributed by atoms with van der Waals surface area (Å²) in [6.07, 6.45) is 0. The lowest BCUT2D eigenvalue weighted by atomic mass is 10.6. The largest absolute Gasteiger partial charge is 0.368 e. The van der Waals surface area contributed by atoms with Crippen LogP contribution >= 0.6 is 15.9 Å². The van der Waals surface area contributed by atoms with E-state index in [4.69, 9.17) is 5.73 Å². The minimum absolute atomic E-state index is 0.299. The first-order valence-corrected chi connectivity index (χ1v) is 3.73. The van der Waals surface area contributed by atoms with Crippen molar-refractivity contribution in [1.29, 1.82) is 0 Å². The Bertz CT molecular complexity index is 255. The Morgan fingerprint density at radius 2 is 2.55 bits per heavy atom. The zero-order valence-electron chi connectivity index (χ0n) is 5.76. The van der Waals surface area contributed by atoms with Crippen molar-refractivity contribution in [3.05, 3.63) is 11.1 Å². The summed E-state index contributed by atoms with van der Waals surface area (Å²) in [6.45, 7) is 4.21. The Balaban J connectivity index is 2.45. The maximum Gasteiger partial charge on any atom is 0.243 e. The lowest BCUT2D eigenvalue weighted by Gasteiger charge is -1.96. The average Bonchev–Trinajstić information content (AvgIpc) is 2.31. The highest BCUT2D eigenvalue weighted by atomic mass is 79.9. The Morgan fingerprint density at radius 1 is 1.82 bits per heavy atom. The molecule has 1 heterocycles. The van der Waals surface area contributed by atoms with Crippen LogP contribution in [0, 0.1) is 0 Å². The summed E-state index contributed by atoms with van der Waals surface area (Å²) < 4.78 is 0.834. The number of rotatable bonds is 3. The number of aromatic nitrogens is 3. The van der Waals surface area contributed by atoms with Crippen molar-refractivity contribution in [2.45, 2.75) is 0 Å². The molecule has 5 nitrogen and oxygen atoms in total. The SMILES string of the molecule is C=C(Br)CNc1n[nH]c(N)n1. The van der Waals surface area contributed by atoms with E-state index in [9.17, 15) is 0 Å². The van der Waals surface area contributed by atoms with Gasteiger partial charge >= 0.3 is 0 Å². The zero-order chi connectivity index (χ0) is 8.27. The molecule has 0 aliphatic carbocycles. The first kappa shape index (κ1) is 8.06. The van der Waals surface area contributed by atoms with Crippen LogP contribution in [0.25, 0.3) is 0 Å². The number of halogens is 1. The summed E-state index contributed by atoms with van der Waals surface area (Å²) in [5.41, 5.74) is 5.28. The van der Waals surface area contributed by atoms with Crippen molar-refractivity contribution >= 4 is 27.8 Å². The molecule has 0 bridgehead atoms. The van der Waals surface area contributed by atoms with Crippen LogP contribution in [0.2, 0.25) is 0 Å². The molecule has 0 saturated heterocycles. The highest BCUT2D eigenvalue weighted by molar-refractivity contribution is 9.11. The van der Waals surface area contributed by atoms with Gasteiger partial charge in [0.1, 0.15) is 0 Å². The molecule has 1 rings (SSSR count). The normalized spacial score (nSPS) is 9.55. The Morgan fingerprint density at radius 3 is 3.00 bits per heavy atom. The maximum atomic E-state index is 5.28. The molecule has 0 fully saturated rings. The van der Waals surface area contributed by atoms with Gasteiger partial charge in [-0.3, -0.25) is 0 Å². The van der Waals surface area contributed by atoms with Crippen LogP contribution < -0.4 is 11.1 Å². The molecule has 0 unspecified atom stereocenters. The molecular formula is C5H8BrN5. The third-order valence-corrected chi connectivity index (χ3v) is 1.22. The van der Waals surface area contributed by atoms with Crippen molar-refractivity contribution in [2.75, 3.05) is 17.6 Å². The van der Waals surface area contributed by atoms with E-state index in [0.29, 0.717) is 18.4 Å². The Labute approximate surface area is 72.2 Å². The second kappa shape index (κ2) is 3.38. The van der Waals surface area contributed by atoms with Gasteiger partial charge in [-0.15, -0.1) is 5.10 Å². The van der Waals surface area contributed by atoms with Gasteiger partial charge in [0.15, 0.2) is 0 Å². The second-order valence-corrected chi connectivity index (χ2v) is 3.04. The van der Waals surface area contributed by atoms with Gasteiger partial charge in [-0.05, 0) is 0 Å². The van der Waals surface area contributed by atoms with E-state index in [1.165, 1.54) is 0 Å². The van der Waals surface area contributed by atoms with Gasteiger partial charge in [-0.1, -0.05) is 22.5 Å². The predicted octanol–water partition coefficient (Wildman–Crippen LogP) is 0.707. The molecule has 0 aliphatic heterocycles. The number of hydrogen-bond donors (Lipinski definition) is 3. The zero-order valence-corrected chi connectivity index (χ0v) is 7.35. The summed E-state index contributed by atoms with van der Waals surface area (Å²) in [6, 6.07) is 0. The van der Waals surface area contributed by atoms with E-state index >= 15 is 0 Å². The van der Waals surface area contributed by atoms with Gasteiger partial charge in [0.05, 0.1) is 0 Å². The molecule has 11 heavy (non-hydrogen) atoms. The number of anilines is 2. The smallest absolute Gasteiger partial charge is 0.243 e. The van der Waals surface area contributed by atoms with Crippen LogP contribution in [0.4, 0.5) is 11.9 Å². The Hall–Kier alpha value is -1.04. The molecule has 0 saturated carbocycles. The molecule has 0 radical (unpaired) electrons. The fraction of sp³-hybridized carbons (Fsp3) is 0.200. The number of nitrogens with one attached hydrogen (secondary N) is 2. The molecule has 4 N–H and O–H groups in total. The van der Waals surface area contributed by atoms with Crippen molar-refractivity contribution in [1.82, 2.24) is 15.2 Å². The van der Waals surface area contributed by atoms with Gasteiger partial charge < -0.3 is 11.1 Å². The number of nitrogen functional groups attached to an aromatic ring is 1. The fourth-order valence-electron chi connectivity index (χ4n) is 0.528. The third-order valence-electron chi connectivity index (χ3n) is 0.941. The molecular weight excluding hydrogens is 210 g/mol. The quantitative estimate of drug-likeness (QED) is 0.697. The van der Waals surface area contributed by atoms with Gasteiger partial charge in [0.25, 0.3) is 0 Å². The fourth-order valence-corrected chi connectivity index (χ4v) is 0.669. The van der Waals surface area contributed by atoms with Gasteiger partial charge in [-0.25, -0.2) is 5.10 Å². The summed E-state index contributed by atoms with van der Waals surface area (Å²) in [5.74, 6) is 0.774. The molecule has 0 aliphatic rings. The molecule has 0 aromatic carbocycles. The van der Waals surface area contributed by atoms with Crippen LogP contribution in [0.5, 0.6) is 0 Å². The maximum absolute atomic E-state index is 5.28. The summed E-state index contributed by atoms with van der Waals surface area (Å²) in [4.78, 5) is 3.82. The highest BCUT2D eigenvalue weighted by Crippen LogP contribution is 2.03.